The molecule has 0 aromatic heterocycles. The summed E-state index contributed by atoms with van der Waals surface area (Å²) in [5, 5.41) is 10.0. The van der Waals surface area contributed by atoms with Crippen molar-refractivity contribution in [2.45, 2.75) is 33.3 Å². The van der Waals surface area contributed by atoms with E-state index in [9.17, 15) is 5.11 Å². The summed E-state index contributed by atoms with van der Waals surface area (Å²) in [6.45, 7) is 6.36. The highest BCUT2D eigenvalue weighted by atomic mass is 16.5. The van der Waals surface area contributed by atoms with Gasteiger partial charge >= 0.3 is 0 Å². The zero-order valence-corrected chi connectivity index (χ0v) is 9.95. The Labute approximate surface area is 91.9 Å². The van der Waals surface area contributed by atoms with Crippen LogP contribution in [0.15, 0.2) is 24.3 Å². The van der Waals surface area contributed by atoms with Crippen molar-refractivity contribution in [3.8, 4) is 5.75 Å². The molecule has 2 nitrogen and oxygen atoms in total. The summed E-state index contributed by atoms with van der Waals surface area (Å²) in [4.78, 5) is 0. The summed E-state index contributed by atoms with van der Waals surface area (Å²) in [5.41, 5.74) is 1.05. The number of hydrogen-bond donors (Lipinski definition) is 1. The number of hydrogen-bond acceptors (Lipinski definition) is 2. The predicted octanol–water partition coefficient (Wildman–Crippen LogP) is 3.16. The van der Waals surface area contributed by atoms with E-state index in [1.165, 1.54) is 0 Å². The summed E-state index contributed by atoms with van der Waals surface area (Å²) in [6.07, 6.45) is 0.334. The Hall–Kier alpha value is -1.02. The van der Waals surface area contributed by atoms with E-state index in [4.69, 9.17) is 4.74 Å². The van der Waals surface area contributed by atoms with Gasteiger partial charge in [-0.05, 0) is 29.5 Å². The Morgan fingerprint density at radius 2 is 2.00 bits per heavy atom. The molecule has 2 heteroatoms. The molecule has 15 heavy (non-hydrogen) atoms. The number of aliphatic hydroxyl groups is 1. The second-order valence-corrected chi connectivity index (χ2v) is 5.06. The lowest BCUT2D eigenvalue weighted by atomic mass is 9.87. The number of benzene rings is 1. The van der Waals surface area contributed by atoms with Crippen LogP contribution in [0, 0.1) is 5.41 Å². The minimum Gasteiger partial charge on any atom is -0.497 e. The maximum atomic E-state index is 10.0. The summed E-state index contributed by atoms with van der Waals surface area (Å²) < 4.78 is 5.12. The van der Waals surface area contributed by atoms with Gasteiger partial charge in [-0.2, -0.15) is 0 Å². The third-order valence-electron chi connectivity index (χ3n) is 2.28. The first-order valence-corrected chi connectivity index (χ1v) is 5.24. The fourth-order valence-corrected chi connectivity index (χ4v) is 1.55. The van der Waals surface area contributed by atoms with Gasteiger partial charge in [-0.3, -0.25) is 0 Å². The van der Waals surface area contributed by atoms with E-state index in [0.29, 0.717) is 0 Å². The van der Waals surface area contributed by atoms with Crippen LogP contribution in [0.25, 0.3) is 0 Å². The van der Waals surface area contributed by atoms with E-state index < -0.39 is 6.10 Å². The topological polar surface area (TPSA) is 29.5 Å². The molecule has 0 spiro atoms. The van der Waals surface area contributed by atoms with Crippen LogP contribution in [0.2, 0.25) is 0 Å². The minimum absolute atomic E-state index is 0.127. The molecule has 1 N–H and O–H groups in total. The predicted molar refractivity (Wildman–Crippen MR) is 62.0 cm³/mol. The van der Waals surface area contributed by atoms with Crippen LogP contribution in [-0.2, 0) is 0 Å². The summed E-state index contributed by atoms with van der Waals surface area (Å²) in [5.74, 6) is 0.792. The number of ether oxygens (including phenoxy) is 1. The van der Waals surface area contributed by atoms with Gasteiger partial charge < -0.3 is 9.84 Å². The van der Waals surface area contributed by atoms with E-state index in [-0.39, 0.29) is 5.41 Å². The van der Waals surface area contributed by atoms with Crippen molar-refractivity contribution < 1.29 is 9.84 Å². The molecule has 0 bridgehead atoms. The van der Waals surface area contributed by atoms with Crippen LogP contribution in [0.4, 0.5) is 0 Å². The van der Waals surface area contributed by atoms with Crippen molar-refractivity contribution in [3.05, 3.63) is 29.8 Å². The first-order chi connectivity index (χ1) is 6.92. The van der Waals surface area contributed by atoms with E-state index in [2.05, 4.69) is 20.8 Å². The Morgan fingerprint density at radius 3 is 2.53 bits per heavy atom. The molecule has 0 aliphatic rings. The Balaban J connectivity index is 2.77. The van der Waals surface area contributed by atoms with Gasteiger partial charge in [-0.15, -0.1) is 0 Å². The number of rotatable bonds is 3. The lowest BCUT2D eigenvalue weighted by Gasteiger charge is -2.22. The molecule has 0 heterocycles. The van der Waals surface area contributed by atoms with Crippen LogP contribution in [0.5, 0.6) is 5.75 Å². The molecule has 1 aromatic carbocycles. The zero-order chi connectivity index (χ0) is 11.5. The first-order valence-electron chi connectivity index (χ1n) is 5.24. The third kappa shape index (κ3) is 3.92. The highest BCUT2D eigenvalue weighted by Crippen LogP contribution is 2.30. The van der Waals surface area contributed by atoms with Crippen LogP contribution < -0.4 is 4.74 Å². The molecule has 1 unspecified atom stereocenters. The van der Waals surface area contributed by atoms with E-state index in [0.717, 1.165) is 17.7 Å². The Morgan fingerprint density at radius 1 is 1.33 bits per heavy atom. The highest BCUT2D eigenvalue weighted by molar-refractivity contribution is 5.29. The molecule has 1 aromatic rings. The van der Waals surface area contributed by atoms with Crippen molar-refractivity contribution in [2.24, 2.45) is 5.41 Å². The van der Waals surface area contributed by atoms with Crippen LogP contribution in [0.3, 0.4) is 0 Å². The standard InChI is InChI=1S/C13H20O2/c1-13(2,3)9-12(14)10-6-5-7-11(8-10)15-4/h5-8,12,14H,9H2,1-4H3. The second kappa shape index (κ2) is 4.67. The minimum atomic E-state index is -0.417. The largest absolute Gasteiger partial charge is 0.497 e. The normalized spacial score (nSPS) is 13.7. The highest BCUT2D eigenvalue weighted by Gasteiger charge is 2.18. The van der Waals surface area contributed by atoms with Gasteiger partial charge in [0.1, 0.15) is 5.75 Å². The molecule has 84 valence electrons. The third-order valence-corrected chi connectivity index (χ3v) is 2.28. The quantitative estimate of drug-likeness (QED) is 0.826. The summed E-state index contributed by atoms with van der Waals surface area (Å²) in [7, 11) is 1.63. The Bertz CT molecular complexity index is 313. The second-order valence-electron chi connectivity index (χ2n) is 5.06. The average Bonchev–Trinajstić information content (AvgIpc) is 2.15. The van der Waals surface area contributed by atoms with Crippen molar-refractivity contribution in [3.63, 3.8) is 0 Å². The molecule has 0 saturated heterocycles. The first kappa shape index (κ1) is 12.1. The van der Waals surface area contributed by atoms with Crippen molar-refractivity contribution in [2.75, 3.05) is 7.11 Å². The van der Waals surface area contributed by atoms with Gasteiger partial charge in [-0.25, -0.2) is 0 Å². The Kier molecular flexibility index (Phi) is 3.75. The lowest BCUT2D eigenvalue weighted by molar-refractivity contribution is 0.122. The van der Waals surface area contributed by atoms with Gasteiger partial charge in [0, 0.05) is 0 Å². The van der Waals surface area contributed by atoms with Crippen molar-refractivity contribution in [1.29, 1.82) is 0 Å². The maximum Gasteiger partial charge on any atom is 0.119 e. The molecule has 0 fully saturated rings. The van der Waals surface area contributed by atoms with Gasteiger partial charge in [-0.1, -0.05) is 32.9 Å². The molecule has 1 atom stereocenters. The van der Waals surface area contributed by atoms with E-state index in [1.54, 1.807) is 7.11 Å². The molecular weight excluding hydrogens is 188 g/mol. The molecule has 0 saturated carbocycles. The smallest absolute Gasteiger partial charge is 0.119 e. The lowest BCUT2D eigenvalue weighted by Crippen LogP contribution is -2.11. The van der Waals surface area contributed by atoms with Gasteiger partial charge in [0.25, 0.3) is 0 Å². The molecule has 1 rings (SSSR count). The molecule has 0 amide bonds. The fourth-order valence-electron chi connectivity index (χ4n) is 1.55. The van der Waals surface area contributed by atoms with Gasteiger partial charge in [0.2, 0.25) is 0 Å². The van der Waals surface area contributed by atoms with Crippen LogP contribution >= 0.6 is 0 Å². The van der Waals surface area contributed by atoms with Crippen molar-refractivity contribution in [1.82, 2.24) is 0 Å². The maximum absolute atomic E-state index is 10.0. The van der Waals surface area contributed by atoms with Gasteiger partial charge in [0.05, 0.1) is 13.2 Å². The molecule has 0 aliphatic carbocycles. The van der Waals surface area contributed by atoms with Crippen LogP contribution in [-0.4, -0.2) is 12.2 Å². The fraction of sp³-hybridized carbons (Fsp3) is 0.538. The summed E-state index contributed by atoms with van der Waals surface area (Å²) in [6, 6.07) is 7.60. The summed E-state index contributed by atoms with van der Waals surface area (Å²) >= 11 is 0. The van der Waals surface area contributed by atoms with E-state index in [1.807, 2.05) is 24.3 Å². The molecule has 0 aliphatic heterocycles. The number of aliphatic hydroxyl groups excluding tert-OH is 1. The monoisotopic (exact) mass is 208 g/mol. The van der Waals surface area contributed by atoms with Crippen LogP contribution in [0.1, 0.15) is 38.9 Å². The van der Waals surface area contributed by atoms with E-state index >= 15 is 0 Å². The molecule has 0 radical (unpaired) electrons. The average molecular weight is 208 g/mol. The zero-order valence-electron chi connectivity index (χ0n) is 9.95. The number of methoxy groups -OCH3 is 1. The van der Waals surface area contributed by atoms with Crippen molar-refractivity contribution >= 4 is 0 Å². The van der Waals surface area contributed by atoms with Gasteiger partial charge in [0.15, 0.2) is 0 Å². The molecular formula is C13H20O2. The SMILES string of the molecule is COc1cccc(C(O)CC(C)(C)C)c1.